The van der Waals surface area contributed by atoms with Crippen LogP contribution in [0, 0.1) is 23.7 Å². The van der Waals surface area contributed by atoms with E-state index in [9.17, 15) is 19.2 Å². The maximum absolute atomic E-state index is 14.3. The van der Waals surface area contributed by atoms with Crippen molar-refractivity contribution in [2.45, 2.75) is 123 Å². The number of likely N-dealkylation sites (N-methyl/N-ethyl adjacent to an activating group) is 2. The summed E-state index contributed by atoms with van der Waals surface area (Å²) in [6.45, 7) is 14.3. The zero-order valence-electron chi connectivity index (χ0n) is 34.3. The molecular weight excluding hydrogens is 705 g/mol. The van der Waals surface area contributed by atoms with Crippen LogP contribution in [0.2, 0.25) is 0 Å². The third-order valence-corrected chi connectivity index (χ3v) is 12.0. The second-order valence-electron chi connectivity index (χ2n) is 15.5. The molecule has 0 saturated carbocycles. The van der Waals surface area contributed by atoms with E-state index in [2.05, 4.69) is 34.8 Å². The first-order valence-electron chi connectivity index (χ1n) is 19.5. The fraction of sp³-hybridized carbons (Fsp3) is 0.683. The highest BCUT2D eigenvalue weighted by Crippen LogP contribution is 2.30. The lowest BCUT2D eigenvalue weighted by atomic mass is 9.89. The van der Waals surface area contributed by atoms with Crippen molar-refractivity contribution in [3.63, 3.8) is 0 Å². The van der Waals surface area contributed by atoms with Crippen LogP contribution in [0.3, 0.4) is 0 Å². The first-order chi connectivity index (χ1) is 25.7. The molecule has 2 unspecified atom stereocenters. The van der Waals surface area contributed by atoms with Crippen LogP contribution in [0.25, 0.3) is 0 Å². The minimum absolute atomic E-state index is 0.00702. The van der Waals surface area contributed by atoms with Crippen molar-refractivity contribution in [2.75, 3.05) is 34.9 Å². The summed E-state index contributed by atoms with van der Waals surface area (Å²) in [5, 5.41) is 12.0. The molecule has 0 aliphatic carbocycles. The molecule has 0 bridgehead atoms. The molecule has 302 valence electrons. The normalized spacial score (nSPS) is 19.1. The molecule has 0 spiro atoms. The average Bonchev–Trinajstić information content (AvgIpc) is 3.87. The number of nitrogens with one attached hydrogen (secondary N) is 3. The summed E-state index contributed by atoms with van der Waals surface area (Å²) < 4.78 is 12.1. The summed E-state index contributed by atoms with van der Waals surface area (Å²) >= 11 is 1.51. The van der Waals surface area contributed by atoms with E-state index in [0.717, 1.165) is 23.4 Å². The Bertz CT molecular complexity index is 1460. The zero-order chi connectivity index (χ0) is 40.1. The number of carbonyl (C=O) groups is 4. The topological polar surface area (TPSA) is 142 Å². The van der Waals surface area contributed by atoms with Gasteiger partial charge in [0.25, 0.3) is 0 Å². The molecule has 2 aromatic rings. The Morgan fingerprint density at radius 3 is 2.17 bits per heavy atom. The summed E-state index contributed by atoms with van der Waals surface area (Å²) in [6.07, 6.45) is 3.48. The predicted octanol–water partition coefficient (Wildman–Crippen LogP) is 4.85. The molecular formula is C41H66N6O6S. The Balaban J connectivity index is 1.78. The van der Waals surface area contributed by atoms with Crippen molar-refractivity contribution < 1.29 is 28.7 Å². The number of thiazole rings is 1. The fourth-order valence-electron chi connectivity index (χ4n) is 7.81. The van der Waals surface area contributed by atoms with Gasteiger partial charge in [0.15, 0.2) is 0 Å². The molecule has 1 fully saturated rings. The Morgan fingerprint density at radius 2 is 1.63 bits per heavy atom. The van der Waals surface area contributed by atoms with Crippen LogP contribution in [0.1, 0.15) is 90.8 Å². The molecule has 1 aliphatic heterocycles. The van der Waals surface area contributed by atoms with Crippen LogP contribution in [0.15, 0.2) is 41.9 Å². The molecule has 9 atom stereocenters. The van der Waals surface area contributed by atoms with Crippen molar-refractivity contribution in [3.8, 4) is 0 Å². The molecule has 3 rings (SSSR count). The molecule has 1 aromatic carbocycles. The van der Waals surface area contributed by atoms with Crippen molar-refractivity contribution in [1.29, 1.82) is 0 Å². The van der Waals surface area contributed by atoms with E-state index in [0.29, 0.717) is 19.4 Å². The van der Waals surface area contributed by atoms with Crippen molar-refractivity contribution in [1.82, 2.24) is 30.7 Å². The number of aromatic nitrogens is 1. The molecule has 1 saturated heterocycles. The van der Waals surface area contributed by atoms with E-state index in [-0.39, 0.29) is 59.9 Å². The summed E-state index contributed by atoms with van der Waals surface area (Å²) in [5.74, 6) is -1.41. The van der Waals surface area contributed by atoms with E-state index in [1.54, 1.807) is 39.4 Å². The summed E-state index contributed by atoms with van der Waals surface area (Å²) in [6, 6.07) is 7.77. The van der Waals surface area contributed by atoms with Gasteiger partial charge in [0, 0.05) is 39.4 Å². The van der Waals surface area contributed by atoms with Gasteiger partial charge >= 0.3 is 0 Å². The van der Waals surface area contributed by atoms with Gasteiger partial charge in [-0.1, -0.05) is 85.2 Å². The second-order valence-corrected chi connectivity index (χ2v) is 16.4. The summed E-state index contributed by atoms with van der Waals surface area (Å²) in [4.78, 5) is 63.6. The number of rotatable bonds is 21. The zero-order valence-corrected chi connectivity index (χ0v) is 35.2. The second kappa shape index (κ2) is 21.6. The van der Waals surface area contributed by atoms with E-state index >= 15 is 0 Å². The molecule has 1 aliphatic rings. The van der Waals surface area contributed by atoms with Gasteiger partial charge in [-0.25, -0.2) is 4.98 Å². The molecule has 0 radical (unpaired) electrons. The van der Waals surface area contributed by atoms with Gasteiger partial charge in [-0.15, -0.1) is 11.3 Å². The minimum atomic E-state index is -0.752. The number of likely N-dealkylation sites (tertiary alicyclic amines) is 1. The van der Waals surface area contributed by atoms with E-state index in [4.69, 9.17) is 9.47 Å². The van der Waals surface area contributed by atoms with Gasteiger partial charge in [-0.2, -0.15) is 0 Å². The lowest BCUT2D eigenvalue weighted by Crippen LogP contribution is -2.59. The number of nitrogens with zero attached hydrogens (tertiary/aromatic N) is 3. The quantitative estimate of drug-likeness (QED) is 0.164. The standard InChI is InChI=1S/C41H66N6O6S/c1-12-27(6)36(46(9)41(51)35(26(4)5)45-39(50)34(42-8)25(2)3)32(52-10)24-33(48)47-21-16-19-31(47)37(53-11)28(7)38(49)44-30(40-43-20-22-54-40)23-29-17-14-13-15-18-29/h13-15,17-18,20,22,25-28,30-32,34-37,42H,12,16,19,21,23-24H2,1-11H3,(H,44,49)(H,45,50)/t27?,28-,30+,31?,32-,34+,35+,36+,37-/m1/s1. The van der Waals surface area contributed by atoms with Gasteiger partial charge in [0.2, 0.25) is 23.6 Å². The largest absolute Gasteiger partial charge is 0.379 e. The molecule has 4 amide bonds. The minimum Gasteiger partial charge on any atom is -0.379 e. The number of amides is 4. The first-order valence-corrected chi connectivity index (χ1v) is 20.4. The van der Waals surface area contributed by atoms with Crippen LogP contribution in [-0.2, 0) is 35.1 Å². The van der Waals surface area contributed by atoms with Gasteiger partial charge in [-0.3, -0.25) is 19.2 Å². The first kappa shape index (κ1) is 45.0. The van der Waals surface area contributed by atoms with Gasteiger partial charge in [0.1, 0.15) is 11.0 Å². The molecule has 12 nitrogen and oxygen atoms in total. The lowest BCUT2D eigenvalue weighted by Gasteiger charge is -2.41. The van der Waals surface area contributed by atoms with E-state index in [1.807, 2.05) is 75.2 Å². The number of benzene rings is 1. The van der Waals surface area contributed by atoms with Crippen molar-refractivity contribution in [2.24, 2.45) is 23.7 Å². The van der Waals surface area contributed by atoms with E-state index < -0.39 is 36.3 Å². The summed E-state index contributed by atoms with van der Waals surface area (Å²) in [7, 11) is 6.65. The fourth-order valence-corrected chi connectivity index (χ4v) is 8.50. The molecule has 1 aromatic heterocycles. The Morgan fingerprint density at radius 1 is 0.963 bits per heavy atom. The Kier molecular flexibility index (Phi) is 18.0. The van der Waals surface area contributed by atoms with Crippen molar-refractivity contribution in [3.05, 3.63) is 52.5 Å². The van der Waals surface area contributed by atoms with Gasteiger partial charge in [0.05, 0.1) is 48.7 Å². The third-order valence-electron chi connectivity index (χ3n) is 11.1. The van der Waals surface area contributed by atoms with Crippen molar-refractivity contribution >= 4 is 35.0 Å². The third kappa shape index (κ3) is 11.6. The van der Waals surface area contributed by atoms with Gasteiger partial charge in [-0.05, 0) is 49.6 Å². The molecule has 13 heteroatoms. The van der Waals surface area contributed by atoms with Crippen LogP contribution < -0.4 is 16.0 Å². The summed E-state index contributed by atoms with van der Waals surface area (Å²) in [5.41, 5.74) is 1.09. The van der Waals surface area contributed by atoms with Crippen LogP contribution in [0.5, 0.6) is 0 Å². The highest BCUT2D eigenvalue weighted by atomic mass is 32.1. The number of hydrogen-bond acceptors (Lipinski definition) is 9. The smallest absolute Gasteiger partial charge is 0.245 e. The van der Waals surface area contributed by atoms with Crippen LogP contribution in [-0.4, -0.2) is 110 Å². The average molecular weight is 771 g/mol. The lowest BCUT2D eigenvalue weighted by molar-refractivity contribution is -0.147. The predicted molar refractivity (Wildman–Crippen MR) is 214 cm³/mol. The monoisotopic (exact) mass is 770 g/mol. The van der Waals surface area contributed by atoms with Crippen LogP contribution >= 0.6 is 11.3 Å². The number of ether oxygens (including phenoxy) is 2. The molecule has 54 heavy (non-hydrogen) atoms. The number of hydrogen-bond donors (Lipinski definition) is 3. The van der Waals surface area contributed by atoms with E-state index in [1.165, 1.54) is 11.3 Å². The Labute approximate surface area is 327 Å². The molecule has 3 N–H and O–H groups in total. The highest BCUT2D eigenvalue weighted by molar-refractivity contribution is 7.09. The number of methoxy groups -OCH3 is 2. The SMILES string of the molecule is CCC(C)[C@@H]([C@@H](CC(=O)N1CCCC1[C@H](OC)[C@@H](C)C(=O)N[C@@H](Cc1ccccc1)c1nccs1)OC)N(C)C(=O)[C@@H](NC(=O)[C@@H](NC)C(C)C)C(C)C. The van der Waals surface area contributed by atoms with Crippen LogP contribution in [0.4, 0.5) is 0 Å². The maximum atomic E-state index is 14.3. The van der Waals surface area contributed by atoms with Gasteiger partial charge < -0.3 is 35.2 Å². The Hall–Kier alpha value is -3.39. The highest BCUT2D eigenvalue weighted by Gasteiger charge is 2.43. The number of carbonyl (C=O) groups excluding carboxylic acids is 4. The molecule has 2 heterocycles. The maximum Gasteiger partial charge on any atom is 0.245 e.